The summed E-state index contributed by atoms with van der Waals surface area (Å²) in [6.45, 7) is 4.10. The van der Waals surface area contributed by atoms with Crippen molar-refractivity contribution < 1.29 is 18.7 Å². The van der Waals surface area contributed by atoms with Gasteiger partial charge in [0.25, 0.3) is 5.91 Å². The third kappa shape index (κ3) is 3.85. The third-order valence-electron chi connectivity index (χ3n) is 6.56. The van der Waals surface area contributed by atoms with E-state index >= 15 is 0 Å². The maximum Gasteiger partial charge on any atom is 0.328 e. The lowest BCUT2D eigenvalue weighted by Gasteiger charge is -2.41. The van der Waals surface area contributed by atoms with E-state index in [9.17, 15) is 14.0 Å². The molecule has 2 aromatic carbocycles. The van der Waals surface area contributed by atoms with Gasteiger partial charge in [-0.25, -0.2) is 14.2 Å². The lowest BCUT2D eigenvalue weighted by atomic mass is 10.1. The van der Waals surface area contributed by atoms with Gasteiger partial charge in [-0.15, -0.1) is 0 Å². The smallest absolute Gasteiger partial charge is 0.328 e. The van der Waals surface area contributed by atoms with Crippen LogP contribution in [0.1, 0.15) is 25.3 Å². The first kappa shape index (κ1) is 22.2. The van der Waals surface area contributed by atoms with Crippen LogP contribution < -0.4 is 9.64 Å². The summed E-state index contributed by atoms with van der Waals surface area (Å²) in [5.41, 5.74) is 1.67. The van der Waals surface area contributed by atoms with Crippen LogP contribution in [-0.2, 0) is 11.3 Å². The fraction of sp³-hybridized carbons (Fsp3) is 0.400. The van der Waals surface area contributed by atoms with Crippen molar-refractivity contribution in [2.45, 2.75) is 38.5 Å². The molecule has 178 valence electrons. The molecule has 9 heteroatoms. The molecule has 0 bridgehead atoms. The zero-order valence-electron chi connectivity index (χ0n) is 19.4. The zero-order valence-corrected chi connectivity index (χ0v) is 19.4. The Hall–Kier alpha value is -3.62. The van der Waals surface area contributed by atoms with Crippen LogP contribution >= 0.6 is 0 Å². The average molecular weight is 466 g/mol. The van der Waals surface area contributed by atoms with Gasteiger partial charge >= 0.3 is 6.03 Å². The van der Waals surface area contributed by atoms with Crippen LogP contribution in [0.5, 0.6) is 5.75 Å². The molecule has 0 saturated carbocycles. The number of ether oxygens (including phenoxy) is 1. The highest BCUT2D eigenvalue weighted by molar-refractivity contribution is 6.07. The lowest BCUT2D eigenvalue weighted by Crippen LogP contribution is -2.65. The number of guanidine groups is 1. The van der Waals surface area contributed by atoms with E-state index in [1.165, 1.54) is 21.9 Å². The quantitative estimate of drug-likeness (QED) is 0.678. The van der Waals surface area contributed by atoms with E-state index in [1.807, 2.05) is 36.1 Å². The van der Waals surface area contributed by atoms with Crippen LogP contribution in [0, 0.1) is 5.82 Å². The number of halogens is 1. The van der Waals surface area contributed by atoms with Crippen LogP contribution in [0.4, 0.5) is 14.9 Å². The SMILES string of the molecule is CCOc1ccc(N2CCCCN3C2=NC2C3C(=O)N(Cc3ccc(F)cc3)C(=O)N2C)cc1. The van der Waals surface area contributed by atoms with Gasteiger partial charge in [-0.2, -0.15) is 0 Å². The predicted octanol–water partition coefficient (Wildman–Crippen LogP) is 3.29. The number of rotatable bonds is 5. The molecule has 0 spiro atoms. The fourth-order valence-electron chi connectivity index (χ4n) is 4.83. The molecule has 3 amide bonds. The molecule has 8 nitrogen and oxygen atoms in total. The first-order valence-electron chi connectivity index (χ1n) is 11.7. The Morgan fingerprint density at radius 2 is 1.74 bits per heavy atom. The highest BCUT2D eigenvalue weighted by Gasteiger charge is 2.53. The minimum atomic E-state index is -0.582. The van der Waals surface area contributed by atoms with Crippen molar-refractivity contribution in [1.82, 2.24) is 14.7 Å². The van der Waals surface area contributed by atoms with E-state index in [1.54, 1.807) is 19.2 Å². The second-order valence-corrected chi connectivity index (χ2v) is 8.71. The number of urea groups is 1. The van der Waals surface area contributed by atoms with Crippen LogP contribution in [-0.4, -0.2) is 71.5 Å². The Balaban J connectivity index is 1.44. The summed E-state index contributed by atoms with van der Waals surface area (Å²) in [6.07, 6.45) is 1.30. The number of nitrogens with zero attached hydrogens (tertiary/aromatic N) is 5. The monoisotopic (exact) mass is 465 g/mol. The van der Waals surface area contributed by atoms with Gasteiger partial charge in [-0.05, 0) is 61.7 Å². The summed E-state index contributed by atoms with van der Waals surface area (Å²) in [5, 5.41) is 0. The highest BCUT2D eigenvalue weighted by Crippen LogP contribution is 2.33. The van der Waals surface area contributed by atoms with Crippen molar-refractivity contribution in [3.8, 4) is 5.75 Å². The standard InChI is InChI=1S/C25H28FN5O3/c1-3-34-20-12-10-19(11-13-20)29-14-4-5-15-30-21-22(27-24(29)30)28(2)25(33)31(23(21)32)16-17-6-8-18(26)9-7-17/h6-13,21-22H,3-5,14-16H2,1-2H3. The van der Waals surface area contributed by atoms with Crippen molar-refractivity contribution in [3.05, 3.63) is 59.9 Å². The van der Waals surface area contributed by atoms with E-state index in [0.29, 0.717) is 24.7 Å². The number of hydrogen-bond donors (Lipinski definition) is 0. The molecule has 2 fully saturated rings. The molecule has 2 aromatic rings. The molecule has 0 radical (unpaired) electrons. The molecule has 3 aliphatic rings. The molecule has 2 saturated heterocycles. The molecule has 3 heterocycles. The first-order valence-corrected chi connectivity index (χ1v) is 11.7. The van der Waals surface area contributed by atoms with Gasteiger partial charge < -0.3 is 19.4 Å². The Bertz CT molecular complexity index is 1100. The number of likely N-dealkylation sites (N-methyl/N-ethyl adjacent to an activating group) is 1. The lowest BCUT2D eigenvalue weighted by molar-refractivity contribution is -0.138. The van der Waals surface area contributed by atoms with Crippen molar-refractivity contribution in [1.29, 1.82) is 0 Å². The number of benzene rings is 2. The maximum absolute atomic E-state index is 13.6. The Morgan fingerprint density at radius 3 is 2.44 bits per heavy atom. The summed E-state index contributed by atoms with van der Waals surface area (Å²) in [7, 11) is 1.68. The topological polar surface area (TPSA) is 68.7 Å². The molecule has 0 aliphatic carbocycles. The van der Waals surface area contributed by atoms with Crippen molar-refractivity contribution in [2.75, 3.05) is 31.6 Å². The summed E-state index contributed by atoms with van der Waals surface area (Å²) in [4.78, 5) is 38.6. The van der Waals surface area contributed by atoms with Gasteiger partial charge in [0, 0.05) is 25.8 Å². The normalized spacial score (nSPS) is 22.4. The summed E-state index contributed by atoms with van der Waals surface area (Å²) in [6, 6.07) is 12.7. The number of carbonyl (C=O) groups excluding carboxylic acids is 2. The van der Waals surface area contributed by atoms with Crippen molar-refractivity contribution >= 4 is 23.6 Å². The van der Waals surface area contributed by atoms with E-state index < -0.39 is 18.2 Å². The fourth-order valence-corrected chi connectivity index (χ4v) is 4.83. The zero-order chi connectivity index (χ0) is 23.8. The van der Waals surface area contributed by atoms with Gasteiger partial charge in [0.1, 0.15) is 11.6 Å². The number of aliphatic imine (C=N–C) groups is 1. The van der Waals surface area contributed by atoms with E-state index in [4.69, 9.17) is 9.73 Å². The van der Waals surface area contributed by atoms with E-state index in [2.05, 4.69) is 4.90 Å². The van der Waals surface area contributed by atoms with Gasteiger partial charge in [-0.1, -0.05) is 12.1 Å². The number of amides is 3. The predicted molar refractivity (Wildman–Crippen MR) is 126 cm³/mol. The highest BCUT2D eigenvalue weighted by atomic mass is 19.1. The Kier molecular flexibility index (Phi) is 5.85. The molecule has 3 aliphatic heterocycles. The second-order valence-electron chi connectivity index (χ2n) is 8.71. The van der Waals surface area contributed by atoms with Gasteiger partial charge in [0.05, 0.1) is 13.2 Å². The maximum atomic E-state index is 13.6. The molecule has 34 heavy (non-hydrogen) atoms. The molecule has 5 rings (SSSR count). The van der Waals surface area contributed by atoms with Gasteiger partial charge in [0.2, 0.25) is 5.96 Å². The van der Waals surface area contributed by atoms with Crippen LogP contribution in [0.15, 0.2) is 53.5 Å². The minimum Gasteiger partial charge on any atom is -0.494 e. The summed E-state index contributed by atoms with van der Waals surface area (Å²) in [5.74, 6) is 0.889. The molecule has 2 unspecified atom stereocenters. The molecule has 2 atom stereocenters. The van der Waals surface area contributed by atoms with Crippen LogP contribution in [0.2, 0.25) is 0 Å². The number of hydrogen-bond acceptors (Lipinski definition) is 6. The average Bonchev–Trinajstić information content (AvgIpc) is 3.10. The molecule has 0 N–H and O–H groups in total. The van der Waals surface area contributed by atoms with E-state index in [0.717, 1.165) is 30.8 Å². The van der Waals surface area contributed by atoms with Crippen LogP contribution in [0.3, 0.4) is 0 Å². The second kappa shape index (κ2) is 8.96. The largest absolute Gasteiger partial charge is 0.494 e. The summed E-state index contributed by atoms with van der Waals surface area (Å²) < 4.78 is 18.9. The number of fused-ring (bicyclic) bond motifs is 3. The van der Waals surface area contributed by atoms with Crippen molar-refractivity contribution in [2.24, 2.45) is 4.99 Å². The van der Waals surface area contributed by atoms with Gasteiger partial charge in [0.15, 0.2) is 12.2 Å². The van der Waals surface area contributed by atoms with Crippen molar-refractivity contribution in [3.63, 3.8) is 0 Å². The van der Waals surface area contributed by atoms with E-state index in [-0.39, 0.29) is 18.3 Å². The Morgan fingerprint density at radius 1 is 1.03 bits per heavy atom. The molecule has 0 aromatic heterocycles. The Labute approximate surface area is 198 Å². The third-order valence-corrected chi connectivity index (χ3v) is 6.56. The summed E-state index contributed by atoms with van der Waals surface area (Å²) >= 11 is 0. The number of anilines is 1. The molecular weight excluding hydrogens is 437 g/mol. The first-order chi connectivity index (χ1) is 16.5. The van der Waals surface area contributed by atoms with Crippen LogP contribution in [0.25, 0.3) is 0 Å². The minimum absolute atomic E-state index is 0.0945. The van der Waals surface area contributed by atoms with Gasteiger partial charge in [-0.3, -0.25) is 9.69 Å². The number of imide groups is 1. The number of carbonyl (C=O) groups is 2. The molecular formula is C25H28FN5O3.